The van der Waals surface area contributed by atoms with Gasteiger partial charge in [-0.1, -0.05) is 12.1 Å². The summed E-state index contributed by atoms with van der Waals surface area (Å²) in [6, 6.07) is 15.3. The molecule has 0 spiro atoms. The molecule has 0 bridgehead atoms. The molecule has 1 unspecified atom stereocenters. The molecular formula is C22H28N2O4. The van der Waals surface area contributed by atoms with Crippen molar-refractivity contribution in [2.75, 3.05) is 46.6 Å². The molecule has 6 nitrogen and oxygen atoms in total. The van der Waals surface area contributed by atoms with Crippen molar-refractivity contribution in [1.82, 2.24) is 10.2 Å². The largest absolute Gasteiger partial charge is 0.497 e. The van der Waals surface area contributed by atoms with E-state index in [2.05, 4.69) is 22.3 Å². The zero-order chi connectivity index (χ0) is 19.8. The first kappa shape index (κ1) is 20.2. The Labute approximate surface area is 166 Å². The van der Waals surface area contributed by atoms with Gasteiger partial charge in [-0.15, -0.1) is 0 Å². The van der Waals surface area contributed by atoms with Crippen LogP contribution in [0.15, 0.2) is 48.5 Å². The van der Waals surface area contributed by atoms with E-state index in [0.717, 1.165) is 30.2 Å². The summed E-state index contributed by atoms with van der Waals surface area (Å²) in [5.41, 5.74) is 1.77. The Kier molecular flexibility index (Phi) is 7.28. The quantitative estimate of drug-likeness (QED) is 0.758. The fraction of sp³-hybridized carbons (Fsp3) is 0.409. The van der Waals surface area contributed by atoms with Gasteiger partial charge in [0.1, 0.15) is 11.5 Å². The zero-order valence-electron chi connectivity index (χ0n) is 16.5. The fourth-order valence-electron chi connectivity index (χ4n) is 3.33. The van der Waals surface area contributed by atoms with Gasteiger partial charge in [0, 0.05) is 25.2 Å². The molecule has 1 fully saturated rings. The van der Waals surface area contributed by atoms with E-state index in [4.69, 9.17) is 14.2 Å². The Morgan fingerprint density at radius 1 is 1.07 bits per heavy atom. The summed E-state index contributed by atoms with van der Waals surface area (Å²) in [5, 5.41) is 3.08. The molecule has 1 heterocycles. The van der Waals surface area contributed by atoms with Gasteiger partial charge in [0.05, 0.1) is 33.0 Å². The van der Waals surface area contributed by atoms with E-state index in [1.54, 1.807) is 31.4 Å². The van der Waals surface area contributed by atoms with Crippen LogP contribution in [0.4, 0.5) is 0 Å². The smallest absolute Gasteiger partial charge is 0.251 e. The Balaban J connectivity index is 1.70. The SMILES string of the molecule is CCOc1ccc(C(CNC(=O)c2ccc(OC)cc2)N2CCOCC2)cc1. The highest BCUT2D eigenvalue weighted by molar-refractivity contribution is 5.94. The first-order valence-electron chi connectivity index (χ1n) is 9.68. The van der Waals surface area contributed by atoms with Crippen LogP contribution in [0, 0.1) is 0 Å². The molecule has 28 heavy (non-hydrogen) atoms. The third kappa shape index (κ3) is 5.24. The van der Waals surface area contributed by atoms with E-state index in [1.165, 1.54) is 0 Å². The molecule has 6 heteroatoms. The topological polar surface area (TPSA) is 60.0 Å². The first-order chi connectivity index (χ1) is 13.7. The molecule has 1 aliphatic rings. The molecule has 1 aliphatic heterocycles. The summed E-state index contributed by atoms with van der Waals surface area (Å²) in [5.74, 6) is 1.50. The van der Waals surface area contributed by atoms with Crippen molar-refractivity contribution in [2.24, 2.45) is 0 Å². The molecular weight excluding hydrogens is 356 g/mol. The number of nitrogens with zero attached hydrogens (tertiary/aromatic N) is 1. The lowest BCUT2D eigenvalue weighted by Gasteiger charge is -2.35. The predicted molar refractivity (Wildman–Crippen MR) is 108 cm³/mol. The molecule has 1 saturated heterocycles. The molecule has 1 atom stereocenters. The third-order valence-electron chi connectivity index (χ3n) is 4.87. The van der Waals surface area contributed by atoms with Crippen molar-refractivity contribution in [3.05, 3.63) is 59.7 Å². The number of amides is 1. The lowest BCUT2D eigenvalue weighted by Crippen LogP contribution is -2.43. The van der Waals surface area contributed by atoms with Crippen LogP contribution in [0.3, 0.4) is 0 Å². The number of hydrogen-bond donors (Lipinski definition) is 1. The molecule has 0 saturated carbocycles. The molecule has 0 aliphatic carbocycles. The highest BCUT2D eigenvalue weighted by Crippen LogP contribution is 2.24. The van der Waals surface area contributed by atoms with E-state index in [9.17, 15) is 4.79 Å². The molecule has 2 aromatic rings. The van der Waals surface area contributed by atoms with Gasteiger partial charge in [0.25, 0.3) is 5.91 Å². The molecule has 150 valence electrons. The second kappa shape index (κ2) is 10.1. The minimum Gasteiger partial charge on any atom is -0.497 e. The van der Waals surface area contributed by atoms with Crippen molar-refractivity contribution in [1.29, 1.82) is 0 Å². The van der Waals surface area contributed by atoms with Gasteiger partial charge in [0.2, 0.25) is 0 Å². The second-order valence-electron chi connectivity index (χ2n) is 6.60. The van der Waals surface area contributed by atoms with E-state index >= 15 is 0 Å². The Morgan fingerprint density at radius 2 is 1.71 bits per heavy atom. The van der Waals surface area contributed by atoms with Gasteiger partial charge in [-0.05, 0) is 48.9 Å². The van der Waals surface area contributed by atoms with Crippen LogP contribution in [-0.4, -0.2) is 57.4 Å². The van der Waals surface area contributed by atoms with Gasteiger partial charge >= 0.3 is 0 Å². The van der Waals surface area contributed by atoms with Gasteiger partial charge in [-0.3, -0.25) is 9.69 Å². The second-order valence-corrected chi connectivity index (χ2v) is 6.60. The van der Waals surface area contributed by atoms with Gasteiger partial charge < -0.3 is 19.5 Å². The average molecular weight is 384 g/mol. The Hall–Kier alpha value is -2.57. The maximum atomic E-state index is 12.6. The van der Waals surface area contributed by atoms with Crippen LogP contribution in [-0.2, 0) is 4.74 Å². The Bertz CT molecular complexity index is 740. The van der Waals surface area contributed by atoms with Gasteiger partial charge in [-0.25, -0.2) is 0 Å². The van der Waals surface area contributed by atoms with E-state index in [-0.39, 0.29) is 11.9 Å². The lowest BCUT2D eigenvalue weighted by molar-refractivity contribution is 0.0162. The van der Waals surface area contributed by atoms with Crippen molar-refractivity contribution >= 4 is 5.91 Å². The fourth-order valence-corrected chi connectivity index (χ4v) is 3.33. The number of morpholine rings is 1. The maximum absolute atomic E-state index is 12.6. The standard InChI is InChI=1S/C22H28N2O4/c1-3-28-20-10-4-17(5-11-20)21(24-12-14-27-15-13-24)16-23-22(25)18-6-8-19(26-2)9-7-18/h4-11,21H,3,12-16H2,1-2H3,(H,23,25). The lowest BCUT2D eigenvalue weighted by atomic mass is 10.0. The summed E-state index contributed by atoms with van der Waals surface area (Å²) in [6.07, 6.45) is 0. The van der Waals surface area contributed by atoms with Crippen LogP contribution in [0.2, 0.25) is 0 Å². The highest BCUT2D eigenvalue weighted by atomic mass is 16.5. The number of methoxy groups -OCH3 is 1. The molecule has 0 radical (unpaired) electrons. The minimum absolute atomic E-state index is 0.0850. The molecule has 2 aromatic carbocycles. The van der Waals surface area contributed by atoms with E-state index < -0.39 is 0 Å². The molecule has 3 rings (SSSR count). The van der Waals surface area contributed by atoms with Gasteiger partial charge in [0.15, 0.2) is 0 Å². The first-order valence-corrected chi connectivity index (χ1v) is 9.68. The van der Waals surface area contributed by atoms with E-state index in [0.29, 0.717) is 31.9 Å². The normalized spacial score (nSPS) is 15.6. The summed E-state index contributed by atoms with van der Waals surface area (Å²) < 4.78 is 16.2. The number of ether oxygens (including phenoxy) is 3. The van der Waals surface area contributed by atoms with Crippen molar-refractivity contribution in [3.63, 3.8) is 0 Å². The highest BCUT2D eigenvalue weighted by Gasteiger charge is 2.23. The summed E-state index contributed by atoms with van der Waals surface area (Å²) in [4.78, 5) is 14.9. The number of nitrogens with one attached hydrogen (secondary N) is 1. The van der Waals surface area contributed by atoms with Crippen LogP contribution < -0.4 is 14.8 Å². The van der Waals surface area contributed by atoms with Crippen LogP contribution >= 0.6 is 0 Å². The zero-order valence-corrected chi connectivity index (χ0v) is 16.5. The number of rotatable bonds is 8. The van der Waals surface area contributed by atoms with Crippen LogP contribution in [0.5, 0.6) is 11.5 Å². The number of carbonyl (C=O) groups excluding carboxylic acids is 1. The minimum atomic E-state index is -0.0909. The molecule has 0 aromatic heterocycles. The predicted octanol–water partition coefficient (Wildman–Crippen LogP) is 2.90. The molecule has 1 N–H and O–H groups in total. The van der Waals surface area contributed by atoms with E-state index in [1.807, 2.05) is 19.1 Å². The maximum Gasteiger partial charge on any atom is 0.251 e. The summed E-state index contributed by atoms with van der Waals surface area (Å²) in [6.45, 7) is 6.24. The third-order valence-corrected chi connectivity index (χ3v) is 4.87. The van der Waals surface area contributed by atoms with Gasteiger partial charge in [-0.2, -0.15) is 0 Å². The number of hydrogen-bond acceptors (Lipinski definition) is 5. The molecule has 1 amide bonds. The summed E-state index contributed by atoms with van der Waals surface area (Å²) in [7, 11) is 1.61. The van der Waals surface area contributed by atoms with Crippen molar-refractivity contribution in [2.45, 2.75) is 13.0 Å². The number of carbonyl (C=O) groups is 1. The van der Waals surface area contributed by atoms with Crippen molar-refractivity contribution < 1.29 is 19.0 Å². The van der Waals surface area contributed by atoms with Crippen molar-refractivity contribution in [3.8, 4) is 11.5 Å². The average Bonchev–Trinajstić information content (AvgIpc) is 2.76. The van der Waals surface area contributed by atoms with Crippen LogP contribution in [0.1, 0.15) is 28.9 Å². The monoisotopic (exact) mass is 384 g/mol. The van der Waals surface area contributed by atoms with Crippen LogP contribution in [0.25, 0.3) is 0 Å². The summed E-state index contributed by atoms with van der Waals surface area (Å²) >= 11 is 0. The Morgan fingerprint density at radius 3 is 2.32 bits per heavy atom. The number of benzene rings is 2.